The van der Waals surface area contributed by atoms with Crippen LogP contribution in [-0.4, -0.2) is 20.6 Å². The maximum atomic E-state index is 12.7. The first-order chi connectivity index (χ1) is 12.9. The van der Waals surface area contributed by atoms with Crippen molar-refractivity contribution in [2.45, 2.75) is 51.8 Å². The number of benzene rings is 2. The first-order valence-electron chi connectivity index (χ1n) is 9.55. The summed E-state index contributed by atoms with van der Waals surface area (Å²) in [7, 11) is -3.09. The predicted octanol–water partition coefficient (Wildman–Crippen LogP) is 4.66. The summed E-state index contributed by atoms with van der Waals surface area (Å²) >= 11 is 0. The van der Waals surface area contributed by atoms with E-state index in [-0.39, 0.29) is 29.0 Å². The van der Waals surface area contributed by atoms with Crippen LogP contribution < -0.4 is 5.32 Å². The molecule has 0 radical (unpaired) electrons. The van der Waals surface area contributed by atoms with Crippen molar-refractivity contribution >= 4 is 15.7 Å². The van der Waals surface area contributed by atoms with E-state index in [2.05, 4.69) is 64.2 Å². The third kappa shape index (κ3) is 6.20. The maximum Gasteiger partial charge on any atom is 0.251 e. The highest BCUT2D eigenvalue weighted by Crippen LogP contribution is 2.27. The molecule has 0 saturated heterocycles. The van der Waals surface area contributed by atoms with E-state index < -0.39 is 9.84 Å². The van der Waals surface area contributed by atoms with Gasteiger partial charge in [-0.15, -0.1) is 0 Å². The lowest BCUT2D eigenvalue weighted by atomic mass is 9.85. The molecule has 0 spiro atoms. The molecule has 28 heavy (non-hydrogen) atoms. The smallest absolute Gasteiger partial charge is 0.251 e. The first kappa shape index (κ1) is 22.2. The molecule has 1 atom stereocenters. The van der Waals surface area contributed by atoms with E-state index in [1.165, 1.54) is 11.8 Å². The zero-order chi connectivity index (χ0) is 21.1. The number of nitrogens with one attached hydrogen (secondary N) is 1. The molecule has 152 valence electrons. The van der Waals surface area contributed by atoms with Gasteiger partial charge in [-0.1, -0.05) is 71.0 Å². The van der Waals surface area contributed by atoms with E-state index in [4.69, 9.17) is 0 Å². The predicted molar refractivity (Wildman–Crippen MR) is 115 cm³/mol. The molecule has 0 aliphatic carbocycles. The van der Waals surface area contributed by atoms with Gasteiger partial charge >= 0.3 is 0 Å². The van der Waals surface area contributed by atoms with Gasteiger partial charge in [-0.05, 0) is 40.2 Å². The third-order valence-corrected chi connectivity index (χ3v) is 5.59. The second-order valence-electron chi connectivity index (χ2n) is 8.83. The van der Waals surface area contributed by atoms with Crippen LogP contribution in [0.4, 0.5) is 0 Å². The number of sulfone groups is 1. The summed E-state index contributed by atoms with van der Waals surface area (Å²) in [4.78, 5) is 12.7. The largest absolute Gasteiger partial charge is 0.345 e. The molecule has 0 aliphatic heterocycles. The standard InChI is InChI=1S/C23H31NO3S/c1-16(2)21(18-11-13-20(14-12-18)23(3,4)5)24-22(25)19-9-7-17(8-10-19)15-28(6,26)27/h7-14,16,21H,15H2,1-6H3,(H,24,25). The lowest BCUT2D eigenvalue weighted by Gasteiger charge is -2.25. The molecule has 1 N–H and O–H groups in total. The van der Waals surface area contributed by atoms with Crippen molar-refractivity contribution in [3.05, 3.63) is 70.8 Å². The molecular formula is C23H31NO3S. The minimum Gasteiger partial charge on any atom is -0.345 e. The third-order valence-electron chi connectivity index (χ3n) is 4.73. The summed E-state index contributed by atoms with van der Waals surface area (Å²) in [6, 6.07) is 15.1. The van der Waals surface area contributed by atoms with Gasteiger partial charge in [-0.3, -0.25) is 4.79 Å². The van der Waals surface area contributed by atoms with Gasteiger partial charge in [0.1, 0.15) is 0 Å². The fourth-order valence-electron chi connectivity index (χ4n) is 3.11. The zero-order valence-corrected chi connectivity index (χ0v) is 18.4. The van der Waals surface area contributed by atoms with Crippen LogP contribution in [0.1, 0.15) is 67.7 Å². The van der Waals surface area contributed by atoms with Crippen LogP contribution in [-0.2, 0) is 21.0 Å². The second-order valence-corrected chi connectivity index (χ2v) is 11.0. The Bertz CT molecular complexity index is 906. The van der Waals surface area contributed by atoms with Gasteiger partial charge in [0.25, 0.3) is 5.91 Å². The summed E-state index contributed by atoms with van der Waals surface area (Å²) in [5, 5.41) is 3.12. The Labute approximate surface area is 169 Å². The van der Waals surface area contributed by atoms with Crippen molar-refractivity contribution in [1.82, 2.24) is 5.32 Å². The van der Waals surface area contributed by atoms with E-state index in [1.807, 2.05) is 0 Å². The highest BCUT2D eigenvalue weighted by atomic mass is 32.2. The quantitative estimate of drug-likeness (QED) is 0.766. The SMILES string of the molecule is CC(C)C(NC(=O)c1ccc(CS(C)(=O)=O)cc1)c1ccc(C(C)(C)C)cc1. The summed E-state index contributed by atoms with van der Waals surface area (Å²) in [6.45, 7) is 10.7. The van der Waals surface area contributed by atoms with Gasteiger partial charge in [0.2, 0.25) is 0 Å². The summed E-state index contributed by atoms with van der Waals surface area (Å²) in [5.74, 6) is 0.0438. The highest BCUT2D eigenvalue weighted by Gasteiger charge is 2.20. The molecule has 0 aromatic heterocycles. The monoisotopic (exact) mass is 401 g/mol. The van der Waals surface area contributed by atoms with Crippen LogP contribution in [0.2, 0.25) is 0 Å². The van der Waals surface area contributed by atoms with E-state index >= 15 is 0 Å². The molecule has 0 fully saturated rings. The van der Waals surface area contributed by atoms with Crippen LogP contribution in [0.5, 0.6) is 0 Å². The minimum atomic E-state index is -3.09. The van der Waals surface area contributed by atoms with Crippen molar-refractivity contribution in [3.63, 3.8) is 0 Å². The van der Waals surface area contributed by atoms with Gasteiger partial charge in [-0.25, -0.2) is 8.42 Å². The van der Waals surface area contributed by atoms with Gasteiger partial charge < -0.3 is 5.32 Å². The number of hydrogen-bond donors (Lipinski definition) is 1. The van der Waals surface area contributed by atoms with Crippen LogP contribution in [0, 0.1) is 5.92 Å². The lowest BCUT2D eigenvalue weighted by molar-refractivity contribution is 0.0925. The average molecular weight is 402 g/mol. The highest BCUT2D eigenvalue weighted by molar-refractivity contribution is 7.89. The molecule has 0 saturated carbocycles. The van der Waals surface area contributed by atoms with E-state index in [0.717, 1.165) is 5.56 Å². The molecule has 2 rings (SSSR count). The molecule has 2 aromatic rings. The van der Waals surface area contributed by atoms with Crippen LogP contribution in [0.25, 0.3) is 0 Å². The molecule has 4 nitrogen and oxygen atoms in total. The minimum absolute atomic E-state index is 0.0242. The molecule has 0 bridgehead atoms. The Hall–Kier alpha value is -2.14. The molecule has 2 aromatic carbocycles. The van der Waals surface area contributed by atoms with E-state index in [0.29, 0.717) is 11.1 Å². The molecule has 0 heterocycles. The molecule has 0 aliphatic rings. The molecular weight excluding hydrogens is 370 g/mol. The fourth-order valence-corrected chi connectivity index (χ4v) is 3.90. The summed E-state index contributed by atoms with van der Waals surface area (Å²) < 4.78 is 22.8. The Kier molecular flexibility index (Phi) is 6.71. The topological polar surface area (TPSA) is 63.2 Å². The summed E-state index contributed by atoms with van der Waals surface area (Å²) in [5.41, 5.74) is 3.62. The Morgan fingerprint density at radius 3 is 1.93 bits per heavy atom. The van der Waals surface area contributed by atoms with Crippen LogP contribution in [0.3, 0.4) is 0 Å². The Morgan fingerprint density at radius 1 is 0.964 bits per heavy atom. The van der Waals surface area contributed by atoms with E-state index in [9.17, 15) is 13.2 Å². The van der Waals surface area contributed by atoms with Crippen molar-refractivity contribution < 1.29 is 13.2 Å². The number of amides is 1. The second kappa shape index (κ2) is 8.48. The number of rotatable bonds is 6. The van der Waals surface area contributed by atoms with Crippen LogP contribution in [0.15, 0.2) is 48.5 Å². The van der Waals surface area contributed by atoms with Crippen LogP contribution >= 0.6 is 0 Å². The lowest BCUT2D eigenvalue weighted by Crippen LogP contribution is -2.31. The maximum absolute atomic E-state index is 12.7. The zero-order valence-electron chi connectivity index (χ0n) is 17.6. The molecule has 5 heteroatoms. The Morgan fingerprint density at radius 2 is 1.50 bits per heavy atom. The van der Waals surface area contributed by atoms with Gasteiger partial charge in [0, 0.05) is 11.8 Å². The van der Waals surface area contributed by atoms with Gasteiger partial charge in [0.15, 0.2) is 9.84 Å². The number of hydrogen-bond acceptors (Lipinski definition) is 3. The van der Waals surface area contributed by atoms with Crippen molar-refractivity contribution in [2.24, 2.45) is 5.92 Å². The van der Waals surface area contributed by atoms with Crippen molar-refractivity contribution in [3.8, 4) is 0 Å². The van der Waals surface area contributed by atoms with Gasteiger partial charge in [-0.2, -0.15) is 0 Å². The normalized spacial score (nSPS) is 13.4. The summed E-state index contributed by atoms with van der Waals surface area (Å²) in [6.07, 6.45) is 1.20. The number of carbonyl (C=O) groups excluding carboxylic acids is 1. The van der Waals surface area contributed by atoms with Gasteiger partial charge in [0.05, 0.1) is 11.8 Å². The fraction of sp³-hybridized carbons (Fsp3) is 0.435. The number of carbonyl (C=O) groups is 1. The van der Waals surface area contributed by atoms with Crippen molar-refractivity contribution in [2.75, 3.05) is 6.26 Å². The Balaban J connectivity index is 2.16. The first-order valence-corrected chi connectivity index (χ1v) is 11.6. The van der Waals surface area contributed by atoms with Crippen molar-refractivity contribution in [1.29, 1.82) is 0 Å². The molecule has 1 unspecified atom stereocenters. The molecule has 1 amide bonds. The van der Waals surface area contributed by atoms with E-state index in [1.54, 1.807) is 24.3 Å². The average Bonchev–Trinajstić information content (AvgIpc) is 2.58.